The number of carbonyl (C=O) groups is 1. The number of nitro groups is 1. The van der Waals surface area contributed by atoms with Crippen LogP contribution in [0.3, 0.4) is 0 Å². The quantitative estimate of drug-likeness (QED) is 0.179. The van der Waals surface area contributed by atoms with Crippen LogP contribution in [0.15, 0.2) is 65.1 Å². The highest BCUT2D eigenvalue weighted by atomic mass is 79.9. The van der Waals surface area contributed by atoms with Gasteiger partial charge in [-0.3, -0.25) is 10.1 Å². The molecule has 0 bridgehead atoms. The number of nitro benzene ring substituents is 1. The number of rotatable bonds is 8. The van der Waals surface area contributed by atoms with Crippen molar-refractivity contribution in [3.05, 3.63) is 97.5 Å². The molecule has 0 saturated carbocycles. The highest BCUT2D eigenvalue weighted by molar-refractivity contribution is 9.10. The minimum Gasteiger partial charge on any atom is -0.493 e. The molecule has 33 heavy (non-hydrogen) atoms. The Bertz CT molecular complexity index is 1280. The van der Waals surface area contributed by atoms with E-state index in [1.807, 2.05) is 0 Å². The van der Waals surface area contributed by atoms with Gasteiger partial charge in [0.05, 0.1) is 33.7 Å². The van der Waals surface area contributed by atoms with E-state index >= 15 is 0 Å². The van der Waals surface area contributed by atoms with Gasteiger partial charge in [0.2, 0.25) is 0 Å². The molecule has 0 aliphatic heterocycles. The van der Waals surface area contributed by atoms with Crippen LogP contribution < -0.4 is 9.47 Å². The van der Waals surface area contributed by atoms with Gasteiger partial charge in [0, 0.05) is 12.1 Å². The lowest BCUT2D eigenvalue weighted by Crippen LogP contribution is -2.00. The molecule has 0 aliphatic carbocycles. The molecule has 166 valence electrons. The number of methoxy groups -OCH3 is 1. The third kappa shape index (κ3) is 5.75. The summed E-state index contributed by atoms with van der Waals surface area (Å²) < 4.78 is 11.9. The summed E-state index contributed by atoms with van der Waals surface area (Å²) in [6, 6.07) is 17.7. The van der Waals surface area contributed by atoms with Crippen molar-refractivity contribution in [1.82, 2.24) is 0 Å². The van der Waals surface area contributed by atoms with Crippen LogP contribution >= 0.6 is 15.9 Å². The van der Waals surface area contributed by atoms with Crippen molar-refractivity contribution in [3.8, 4) is 17.6 Å². The fourth-order valence-corrected chi connectivity index (χ4v) is 3.59. The van der Waals surface area contributed by atoms with Crippen molar-refractivity contribution in [2.24, 2.45) is 0 Å². The van der Waals surface area contributed by atoms with Crippen LogP contribution in [-0.4, -0.2) is 23.1 Å². The molecule has 0 spiro atoms. The van der Waals surface area contributed by atoms with E-state index in [0.29, 0.717) is 38.2 Å². The Morgan fingerprint density at radius 2 is 1.88 bits per heavy atom. The van der Waals surface area contributed by atoms with Gasteiger partial charge in [-0.05, 0) is 63.0 Å². The van der Waals surface area contributed by atoms with E-state index < -0.39 is 10.9 Å². The summed E-state index contributed by atoms with van der Waals surface area (Å²) in [5.41, 5.74) is 2.29. The molecule has 0 radical (unpaired) electrons. The topological polar surface area (TPSA) is 123 Å². The van der Waals surface area contributed by atoms with Crippen LogP contribution in [0, 0.1) is 21.4 Å². The molecule has 0 aromatic heterocycles. The van der Waals surface area contributed by atoms with E-state index in [-0.39, 0.29) is 17.9 Å². The number of carboxylic acid groups (broad SMARTS) is 1. The van der Waals surface area contributed by atoms with Gasteiger partial charge in [0.25, 0.3) is 5.69 Å². The van der Waals surface area contributed by atoms with E-state index in [0.717, 1.165) is 0 Å². The van der Waals surface area contributed by atoms with Gasteiger partial charge in [0.1, 0.15) is 6.61 Å². The van der Waals surface area contributed by atoms with E-state index in [2.05, 4.69) is 22.0 Å². The van der Waals surface area contributed by atoms with Crippen LogP contribution in [0.25, 0.3) is 11.6 Å². The summed E-state index contributed by atoms with van der Waals surface area (Å²) in [4.78, 5) is 21.5. The first-order valence-electron chi connectivity index (χ1n) is 9.51. The summed E-state index contributed by atoms with van der Waals surface area (Å²) in [6.45, 7) is 0.0885. The maximum atomic E-state index is 11.0. The molecule has 3 aromatic carbocycles. The fourth-order valence-electron chi connectivity index (χ4n) is 3.02. The van der Waals surface area contributed by atoms with E-state index in [4.69, 9.17) is 14.6 Å². The normalized spacial score (nSPS) is 10.9. The molecule has 0 unspecified atom stereocenters. The summed E-state index contributed by atoms with van der Waals surface area (Å²) in [5, 5.41) is 29.6. The van der Waals surface area contributed by atoms with Crippen molar-refractivity contribution in [2.45, 2.75) is 6.61 Å². The molecule has 0 amide bonds. The second-order valence-corrected chi connectivity index (χ2v) is 7.66. The Hall–Kier alpha value is -4.16. The number of aromatic carboxylic acids is 1. The van der Waals surface area contributed by atoms with Gasteiger partial charge < -0.3 is 14.6 Å². The lowest BCUT2D eigenvalue weighted by Gasteiger charge is -2.14. The second-order valence-electron chi connectivity index (χ2n) is 6.80. The summed E-state index contributed by atoms with van der Waals surface area (Å²) >= 11 is 3.45. The number of halogens is 1. The summed E-state index contributed by atoms with van der Waals surface area (Å²) in [5.74, 6) is -0.233. The first-order valence-corrected chi connectivity index (χ1v) is 10.3. The Labute approximate surface area is 197 Å². The summed E-state index contributed by atoms with van der Waals surface area (Å²) in [6.07, 6.45) is 1.65. The lowest BCUT2D eigenvalue weighted by molar-refractivity contribution is -0.384. The van der Waals surface area contributed by atoms with Crippen molar-refractivity contribution < 1.29 is 24.3 Å². The Kier molecular flexibility index (Phi) is 7.43. The molecule has 0 saturated heterocycles. The van der Waals surface area contributed by atoms with Crippen LogP contribution in [0.2, 0.25) is 0 Å². The zero-order valence-corrected chi connectivity index (χ0v) is 18.9. The zero-order chi connectivity index (χ0) is 24.0. The highest BCUT2D eigenvalue weighted by Gasteiger charge is 2.14. The van der Waals surface area contributed by atoms with Crippen molar-refractivity contribution in [2.75, 3.05) is 7.11 Å². The number of carboxylic acids is 1. The van der Waals surface area contributed by atoms with Crippen molar-refractivity contribution >= 4 is 39.2 Å². The minimum atomic E-state index is -1.04. The number of hydrogen-bond donors (Lipinski definition) is 1. The first-order chi connectivity index (χ1) is 15.8. The molecule has 1 N–H and O–H groups in total. The number of non-ortho nitro benzene ring substituents is 1. The number of nitrogens with zero attached hydrogens (tertiary/aromatic N) is 2. The fraction of sp³-hybridized carbons (Fsp3) is 0.0833. The SMILES string of the molecule is COc1cc(/C=C(/C#N)c2ccc(C(=O)O)cc2)cc(Br)c1OCc1cccc([N+](=O)[O-])c1. The molecule has 0 atom stereocenters. The highest BCUT2D eigenvalue weighted by Crippen LogP contribution is 2.38. The monoisotopic (exact) mass is 508 g/mol. The largest absolute Gasteiger partial charge is 0.493 e. The number of benzene rings is 3. The van der Waals surface area contributed by atoms with Crippen LogP contribution in [0.1, 0.15) is 27.0 Å². The van der Waals surface area contributed by atoms with Crippen LogP contribution in [0.4, 0.5) is 5.69 Å². The van der Waals surface area contributed by atoms with Gasteiger partial charge in [-0.1, -0.05) is 24.3 Å². The third-order valence-corrected chi connectivity index (χ3v) is 5.22. The van der Waals surface area contributed by atoms with Gasteiger partial charge in [-0.15, -0.1) is 0 Å². The van der Waals surface area contributed by atoms with E-state index in [9.17, 15) is 20.2 Å². The first kappa shape index (κ1) is 23.5. The molecule has 3 rings (SSSR count). The van der Waals surface area contributed by atoms with Gasteiger partial charge in [-0.25, -0.2) is 4.79 Å². The van der Waals surface area contributed by atoms with Crippen LogP contribution in [-0.2, 0) is 6.61 Å². The number of allylic oxidation sites excluding steroid dienone is 1. The lowest BCUT2D eigenvalue weighted by atomic mass is 10.0. The maximum absolute atomic E-state index is 11.0. The second kappa shape index (κ2) is 10.4. The zero-order valence-electron chi connectivity index (χ0n) is 17.3. The minimum absolute atomic E-state index is 0.0250. The van der Waals surface area contributed by atoms with Gasteiger partial charge in [-0.2, -0.15) is 5.26 Å². The van der Waals surface area contributed by atoms with Crippen LogP contribution in [0.5, 0.6) is 11.5 Å². The molecule has 0 heterocycles. The average molecular weight is 509 g/mol. The van der Waals surface area contributed by atoms with Gasteiger partial charge in [0.15, 0.2) is 11.5 Å². The molecular formula is C24H17BrN2O6. The standard InChI is InChI=1S/C24H17BrN2O6/c1-32-22-12-16(9-19(13-26)17-5-7-18(8-6-17)24(28)29)11-21(25)23(22)33-14-15-3-2-4-20(10-15)27(30)31/h2-12H,14H2,1H3,(H,28,29)/b19-9-. The number of nitriles is 1. The predicted octanol–water partition coefficient (Wildman–Crippen LogP) is 5.71. The third-order valence-electron chi connectivity index (χ3n) is 4.63. The molecule has 0 aliphatic rings. The van der Waals surface area contributed by atoms with Crippen molar-refractivity contribution in [3.63, 3.8) is 0 Å². The van der Waals surface area contributed by atoms with Gasteiger partial charge >= 0.3 is 5.97 Å². The molecule has 9 heteroatoms. The molecule has 3 aromatic rings. The average Bonchev–Trinajstić information content (AvgIpc) is 2.81. The summed E-state index contributed by atoms with van der Waals surface area (Å²) in [7, 11) is 1.48. The molecule has 8 nitrogen and oxygen atoms in total. The number of ether oxygens (including phenoxy) is 2. The smallest absolute Gasteiger partial charge is 0.335 e. The maximum Gasteiger partial charge on any atom is 0.335 e. The molecular weight excluding hydrogens is 492 g/mol. The predicted molar refractivity (Wildman–Crippen MR) is 125 cm³/mol. The Morgan fingerprint density at radius 1 is 1.18 bits per heavy atom. The number of hydrogen-bond acceptors (Lipinski definition) is 6. The Balaban J connectivity index is 1.87. The Morgan fingerprint density at radius 3 is 2.48 bits per heavy atom. The van der Waals surface area contributed by atoms with E-state index in [1.54, 1.807) is 42.5 Å². The molecule has 0 fully saturated rings. The van der Waals surface area contributed by atoms with Crippen molar-refractivity contribution in [1.29, 1.82) is 5.26 Å². The van der Waals surface area contributed by atoms with E-state index in [1.165, 1.54) is 31.4 Å².